The lowest BCUT2D eigenvalue weighted by molar-refractivity contribution is 0.968. The molecule has 2 rings (SSSR count). The fourth-order valence-electron chi connectivity index (χ4n) is 2.32. The van der Waals surface area contributed by atoms with Crippen LogP contribution < -0.4 is 11.1 Å². The second kappa shape index (κ2) is 7.94. The van der Waals surface area contributed by atoms with Crippen molar-refractivity contribution in [2.45, 2.75) is 46.6 Å². The monoisotopic (exact) mass is 316 g/mol. The molecule has 4 nitrogen and oxygen atoms in total. The summed E-state index contributed by atoms with van der Waals surface area (Å²) in [6.45, 7) is 6.92. The smallest absolute Gasteiger partial charge is 0.193 e. The Morgan fingerprint density at radius 1 is 1.18 bits per heavy atom. The fourth-order valence-corrected chi connectivity index (χ4v) is 3.06. The Bertz CT molecular complexity index is 624. The van der Waals surface area contributed by atoms with E-state index in [2.05, 4.69) is 54.3 Å². The van der Waals surface area contributed by atoms with Crippen molar-refractivity contribution in [3.63, 3.8) is 0 Å². The van der Waals surface area contributed by atoms with E-state index in [9.17, 15) is 0 Å². The summed E-state index contributed by atoms with van der Waals surface area (Å²) < 4.78 is 0. The van der Waals surface area contributed by atoms with E-state index in [1.165, 1.54) is 11.1 Å². The number of aliphatic imine (C=N–C) groups is 1. The predicted molar refractivity (Wildman–Crippen MR) is 95.6 cm³/mol. The van der Waals surface area contributed by atoms with E-state index in [-0.39, 0.29) is 0 Å². The molecule has 1 heterocycles. The van der Waals surface area contributed by atoms with Crippen molar-refractivity contribution in [3.8, 4) is 0 Å². The number of nitrogens with zero attached hydrogens (tertiary/aromatic N) is 2. The lowest BCUT2D eigenvalue weighted by atomic mass is 10.0. The van der Waals surface area contributed by atoms with Gasteiger partial charge in [-0.25, -0.2) is 9.98 Å². The number of hydrogen-bond acceptors (Lipinski definition) is 3. The number of rotatable bonds is 6. The number of nitrogens with one attached hydrogen (secondary N) is 1. The Morgan fingerprint density at radius 3 is 2.41 bits per heavy atom. The Labute approximate surface area is 136 Å². The van der Waals surface area contributed by atoms with Gasteiger partial charge in [-0.3, -0.25) is 0 Å². The van der Waals surface area contributed by atoms with E-state index >= 15 is 0 Å². The van der Waals surface area contributed by atoms with Crippen LogP contribution in [-0.2, 0) is 25.8 Å². The first-order chi connectivity index (χ1) is 10.7. The Morgan fingerprint density at radius 2 is 1.86 bits per heavy atom. The van der Waals surface area contributed by atoms with Crippen LogP contribution in [0.4, 0.5) is 5.69 Å². The Hall–Kier alpha value is -1.88. The SMILES string of the molecule is CCc1nc(CN=C(N)Nc2c(CC)cccc2CC)cs1. The van der Waals surface area contributed by atoms with Crippen LogP contribution in [0.1, 0.15) is 42.6 Å². The van der Waals surface area contributed by atoms with Gasteiger partial charge in [0.1, 0.15) is 0 Å². The van der Waals surface area contributed by atoms with Crippen LogP contribution in [0.15, 0.2) is 28.6 Å². The van der Waals surface area contributed by atoms with Gasteiger partial charge in [-0.15, -0.1) is 11.3 Å². The minimum absolute atomic E-state index is 0.446. The Balaban J connectivity index is 2.10. The molecule has 0 atom stereocenters. The summed E-state index contributed by atoms with van der Waals surface area (Å²) in [7, 11) is 0. The molecule has 0 spiro atoms. The first-order valence-electron chi connectivity index (χ1n) is 7.78. The zero-order valence-corrected chi connectivity index (χ0v) is 14.3. The summed E-state index contributed by atoms with van der Waals surface area (Å²) in [5.74, 6) is 0.446. The van der Waals surface area contributed by atoms with Gasteiger partial charge in [0.15, 0.2) is 5.96 Å². The largest absolute Gasteiger partial charge is 0.370 e. The zero-order chi connectivity index (χ0) is 15.9. The van der Waals surface area contributed by atoms with Crippen LogP contribution in [0.5, 0.6) is 0 Å². The maximum Gasteiger partial charge on any atom is 0.193 e. The first-order valence-corrected chi connectivity index (χ1v) is 8.66. The molecule has 0 amide bonds. The van der Waals surface area contributed by atoms with E-state index < -0.39 is 0 Å². The molecular formula is C17H24N4S. The van der Waals surface area contributed by atoms with E-state index in [4.69, 9.17) is 5.73 Å². The van der Waals surface area contributed by atoms with Crippen molar-refractivity contribution >= 4 is 23.0 Å². The average molecular weight is 316 g/mol. The van der Waals surface area contributed by atoms with Crippen molar-refractivity contribution in [1.82, 2.24) is 4.98 Å². The van der Waals surface area contributed by atoms with Gasteiger partial charge in [0.2, 0.25) is 0 Å². The van der Waals surface area contributed by atoms with Gasteiger partial charge >= 0.3 is 0 Å². The number of thiazole rings is 1. The van der Waals surface area contributed by atoms with Crippen molar-refractivity contribution < 1.29 is 0 Å². The summed E-state index contributed by atoms with van der Waals surface area (Å²) in [6.07, 6.45) is 2.90. The molecule has 0 aliphatic rings. The third-order valence-electron chi connectivity index (χ3n) is 3.57. The van der Waals surface area contributed by atoms with Crippen molar-refractivity contribution in [3.05, 3.63) is 45.4 Å². The fraction of sp³-hybridized carbons (Fsp3) is 0.412. The van der Waals surface area contributed by atoms with Crippen LogP contribution in [0.2, 0.25) is 0 Å². The molecule has 0 aliphatic heterocycles. The number of para-hydroxylation sites is 1. The van der Waals surface area contributed by atoms with Crippen molar-refractivity contribution in [1.29, 1.82) is 0 Å². The first kappa shape index (κ1) is 16.5. The molecular weight excluding hydrogens is 292 g/mol. The minimum atomic E-state index is 0.446. The predicted octanol–water partition coefficient (Wildman–Crippen LogP) is 3.76. The second-order valence-electron chi connectivity index (χ2n) is 5.07. The van der Waals surface area contributed by atoms with E-state index in [1.807, 2.05) is 5.38 Å². The van der Waals surface area contributed by atoms with Crippen LogP contribution in [-0.4, -0.2) is 10.9 Å². The van der Waals surface area contributed by atoms with E-state index in [0.717, 1.165) is 35.7 Å². The number of benzene rings is 1. The molecule has 0 saturated heterocycles. The summed E-state index contributed by atoms with van der Waals surface area (Å²) in [5, 5.41) is 6.46. The molecule has 1 aromatic heterocycles. The second-order valence-corrected chi connectivity index (χ2v) is 6.01. The lowest BCUT2D eigenvalue weighted by Gasteiger charge is -2.14. The third kappa shape index (κ3) is 4.07. The van der Waals surface area contributed by atoms with Gasteiger partial charge < -0.3 is 11.1 Å². The normalized spacial score (nSPS) is 11.7. The number of guanidine groups is 1. The highest BCUT2D eigenvalue weighted by molar-refractivity contribution is 7.09. The molecule has 22 heavy (non-hydrogen) atoms. The third-order valence-corrected chi connectivity index (χ3v) is 4.61. The molecule has 0 bridgehead atoms. The van der Waals surface area contributed by atoms with Gasteiger partial charge in [0, 0.05) is 11.1 Å². The summed E-state index contributed by atoms with van der Waals surface area (Å²) in [4.78, 5) is 8.92. The van der Waals surface area contributed by atoms with Gasteiger partial charge in [0.25, 0.3) is 0 Å². The quantitative estimate of drug-likeness (QED) is 0.630. The van der Waals surface area contributed by atoms with E-state index in [0.29, 0.717) is 12.5 Å². The Kier molecular flexibility index (Phi) is 5.95. The zero-order valence-electron chi connectivity index (χ0n) is 13.5. The maximum absolute atomic E-state index is 6.05. The van der Waals surface area contributed by atoms with Crippen molar-refractivity contribution in [2.24, 2.45) is 10.7 Å². The summed E-state index contributed by atoms with van der Waals surface area (Å²) >= 11 is 1.68. The molecule has 0 unspecified atom stereocenters. The molecule has 1 aromatic carbocycles. The van der Waals surface area contributed by atoms with Gasteiger partial charge in [0.05, 0.1) is 17.2 Å². The van der Waals surface area contributed by atoms with Crippen LogP contribution in [0.25, 0.3) is 0 Å². The molecule has 0 radical (unpaired) electrons. The number of anilines is 1. The molecule has 0 fully saturated rings. The average Bonchev–Trinajstić information content (AvgIpc) is 3.01. The van der Waals surface area contributed by atoms with Gasteiger partial charge in [-0.2, -0.15) is 0 Å². The maximum atomic E-state index is 6.05. The summed E-state index contributed by atoms with van der Waals surface area (Å²) in [6, 6.07) is 6.35. The molecule has 0 aliphatic carbocycles. The standard InChI is InChI=1S/C17H24N4S/c1-4-12-8-7-9-13(5-2)16(12)21-17(18)19-10-14-11-22-15(6-3)20-14/h7-9,11H,4-6,10H2,1-3H3,(H3,18,19,21). The van der Waals surface area contributed by atoms with Crippen molar-refractivity contribution in [2.75, 3.05) is 5.32 Å². The number of aryl methyl sites for hydroxylation is 3. The van der Waals surface area contributed by atoms with E-state index in [1.54, 1.807) is 11.3 Å². The molecule has 0 saturated carbocycles. The highest BCUT2D eigenvalue weighted by atomic mass is 32.1. The summed E-state index contributed by atoms with van der Waals surface area (Å²) in [5.41, 5.74) is 10.7. The molecule has 118 valence electrons. The molecule has 5 heteroatoms. The van der Waals surface area contributed by atoms with Gasteiger partial charge in [-0.1, -0.05) is 39.0 Å². The molecule has 3 N–H and O–H groups in total. The number of nitrogens with two attached hydrogens (primary N) is 1. The lowest BCUT2D eigenvalue weighted by Crippen LogP contribution is -2.24. The number of hydrogen-bond donors (Lipinski definition) is 2. The van der Waals surface area contributed by atoms with Gasteiger partial charge in [-0.05, 0) is 30.4 Å². The minimum Gasteiger partial charge on any atom is -0.370 e. The number of aromatic nitrogens is 1. The van der Waals surface area contributed by atoms with Crippen LogP contribution in [0, 0.1) is 0 Å². The topological polar surface area (TPSA) is 63.3 Å². The highest BCUT2D eigenvalue weighted by Gasteiger charge is 2.07. The highest BCUT2D eigenvalue weighted by Crippen LogP contribution is 2.22. The van der Waals surface area contributed by atoms with Crippen LogP contribution in [0.3, 0.4) is 0 Å². The molecule has 2 aromatic rings. The van der Waals surface area contributed by atoms with Crippen LogP contribution >= 0.6 is 11.3 Å².